The van der Waals surface area contributed by atoms with Crippen LogP contribution in [0, 0.1) is 70.6 Å². The van der Waals surface area contributed by atoms with Crippen molar-refractivity contribution >= 4 is 34.0 Å². The Morgan fingerprint density at radius 1 is 0.480 bits per heavy atom. The van der Waals surface area contributed by atoms with E-state index in [1.807, 2.05) is 48.5 Å². The molecule has 50 heavy (non-hydrogen) atoms. The number of nitrogens with one attached hydrogen (secondary N) is 2. The first-order chi connectivity index (χ1) is 24.4. The number of thiophene rings is 2. The van der Waals surface area contributed by atoms with Gasteiger partial charge in [-0.25, -0.2) is 17.6 Å². The normalized spacial score (nSPS) is 10.0. The van der Waals surface area contributed by atoms with Gasteiger partial charge in [0.1, 0.15) is 11.1 Å². The number of halogens is 4. The highest BCUT2D eigenvalue weighted by molar-refractivity contribution is 7.11. The van der Waals surface area contributed by atoms with Crippen LogP contribution in [-0.2, 0) is 0 Å². The van der Waals surface area contributed by atoms with Crippen molar-refractivity contribution in [3.8, 4) is 47.4 Å². The van der Waals surface area contributed by atoms with Crippen molar-refractivity contribution in [2.75, 3.05) is 23.7 Å². The van der Waals surface area contributed by atoms with Gasteiger partial charge in [0.2, 0.25) is 0 Å². The first kappa shape index (κ1) is 35.9. The number of rotatable bonds is 8. The third-order valence-corrected chi connectivity index (χ3v) is 9.06. The standard InChI is InChI=1S/C42H32F4N2S2/c1-3-5-25-47-35-13-9-7-11-29(35)15-17-31-23-27-49-37(31)21-19-33-39(43)41(45)34(42(46)40(33)44)20-22-38-32(24-28-50-38)18-16-30-12-8-10-14-36(30)48-26-6-4-2/h7-14,23-24,27-28,47-48H,3-6,25-26H2,1-2H3. The van der Waals surface area contributed by atoms with Gasteiger partial charge in [-0.1, -0.05) is 86.5 Å². The number of anilines is 2. The maximum Gasteiger partial charge on any atom is 0.178 e. The van der Waals surface area contributed by atoms with Crippen molar-refractivity contribution in [3.05, 3.63) is 138 Å². The number of para-hydroxylation sites is 2. The zero-order valence-electron chi connectivity index (χ0n) is 27.5. The smallest absolute Gasteiger partial charge is 0.178 e. The van der Waals surface area contributed by atoms with Gasteiger partial charge in [0.05, 0.1) is 20.9 Å². The molecule has 5 aromatic rings. The molecule has 0 aliphatic rings. The molecule has 5 rings (SSSR count). The predicted octanol–water partition coefficient (Wildman–Crippen LogP) is 10.4. The third-order valence-electron chi connectivity index (χ3n) is 7.41. The summed E-state index contributed by atoms with van der Waals surface area (Å²) in [4.78, 5) is 0.811. The highest BCUT2D eigenvalue weighted by atomic mass is 32.1. The molecule has 0 unspecified atom stereocenters. The molecule has 0 radical (unpaired) electrons. The molecular formula is C42H32F4N2S2. The van der Waals surface area contributed by atoms with Crippen LogP contribution in [0.25, 0.3) is 0 Å². The van der Waals surface area contributed by atoms with Crippen molar-refractivity contribution < 1.29 is 17.6 Å². The summed E-state index contributed by atoms with van der Waals surface area (Å²) in [6, 6.07) is 18.7. The van der Waals surface area contributed by atoms with Gasteiger partial charge < -0.3 is 10.6 Å². The Morgan fingerprint density at radius 3 is 1.26 bits per heavy atom. The summed E-state index contributed by atoms with van der Waals surface area (Å²) in [5, 5.41) is 10.2. The van der Waals surface area contributed by atoms with Gasteiger partial charge in [0, 0.05) is 35.6 Å². The largest absolute Gasteiger partial charge is 0.384 e. The minimum absolute atomic E-state index is 0.406. The minimum Gasteiger partial charge on any atom is -0.384 e. The lowest BCUT2D eigenvalue weighted by Crippen LogP contribution is -2.04. The second-order valence-electron chi connectivity index (χ2n) is 11.0. The van der Waals surface area contributed by atoms with E-state index in [9.17, 15) is 0 Å². The molecule has 0 spiro atoms. The zero-order valence-corrected chi connectivity index (χ0v) is 29.1. The van der Waals surface area contributed by atoms with Crippen LogP contribution in [0.1, 0.15) is 82.7 Å². The van der Waals surface area contributed by atoms with Crippen molar-refractivity contribution in [3.63, 3.8) is 0 Å². The quantitative estimate of drug-likeness (QED) is 0.0727. The molecule has 2 N–H and O–H groups in total. The highest BCUT2D eigenvalue weighted by Crippen LogP contribution is 2.25. The van der Waals surface area contributed by atoms with Crippen LogP contribution in [0.3, 0.4) is 0 Å². The van der Waals surface area contributed by atoms with Crippen molar-refractivity contribution in [2.45, 2.75) is 39.5 Å². The summed E-state index contributed by atoms with van der Waals surface area (Å²) in [6.45, 7) is 5.86. The summed E-state index contributed by atoms with van der Waals surface area (Å²) >= 11 is 2.41. The average molecular weight is 705 g/mol. The first-order valence-corrected chi connectivity index (χ1v) is 17.9. The van der Waals surface area contributed by atoms with Crippen LogP contribution in [0.15, 0.2) is 71.4 Å². The Kier molecular flexibility index (Phi) is 12.8. The van der Waals surface area contributed by atoms with E-state index in [0.29, 0.717) is 20.9 Å². The number of hydrogen-bond acceptors (Lipinski definition) is 4. The molecule has 250 valence electrons. The van der Waals surface area contributed by atoms with E-state index in [-0.39, 0.29) is 0 Å². The molecule has 0 bridgehead atoms. The molecule has 2 heterocycles. The molecule has 3 aromatic carbocycles. The lowest BCUT2D eigenvalue weighted by atomic mass is 10.1. The maximum atomic E-state index is 15.2. The maximum absolute atomic E-state index is 15.2. The molecule has 2 nitrogen and oxygen atoms in total. The molecule has 0 aliphatic heterocycles. The van der Waals surface area contributed by atoms with Crippen LogP contribution in [-0.4, -0.2) is 13.1 Å². The molecule has 0 amide bonds. The van der Waals surface area contributed by atoms with Gasteiger partial charge in [-0.15, -0.1) is 22.7 Å². The average Bonchev–Trinajstić information content (AvgIpc) is 3.79. The summed E-state index contributed by atoms with van der Waals surface area (Å²) in [6.07, 6.45) is 4.16. The van der Waals surface area contributed by atoms with E-state index in [1.165, 1.54) is 22.7 Å². The monoisotopic (exact) mass is 704 g/mol. The summed E-state index contributed by atoms with van der Waals surface area (Å²) < 4.78 is 60.7. The Hall–Kier alpha value is -5.38. The Morgan fingerprint density at radius 2 is 0.860 bits per heavy atom. The van der Waals surface area contributed by atoms with E-state index < -0.39 is 34.4 Å². The molecule has 8 heteroatoms. The zero-order chi connectivity index (χ0) is 35.3. The second-order valence-corrected chi connectivity index (χ2v) is 12.8. The minimum atomic E-state index is -1.62. The molecule has 0 atom stereocenters. The van der Waals surface area contributed by atoms with Gasteiger partial charge in [-0.2, -0.15) is 0 Å². The van der Waals surface area contributed by atoms with Crippen LogP contribution in [0.5, 0.6) is 0 Å². The van der Waals surface area contributed by atoms with Gasteiger partial charge in [0.25, 0.3) is 0 Å². The number of benzene rings is 3. The fourth-order valence-electron chi connectivity index (χ4n) is 4.66. The van der Waals surface area contributed by atoms with Crippen molar-refractivity contribution in [1.82, 2.24) is 0 Å². The lowest BCUT2D eigenvalue weighted by Gasteiger charge is -2.07. The molecule has 0 fully saturated rings. The van der Waals surface area contributed by atoms with E-state index in [4.69, 9.17) is 0 Å². The summed E-state index contributed by atoms with van der Waals surface area (Å²) in [5.74, 6) is 15.8. The van der Waals surface area contributed by atoms with Crippen LogP contribution < -0.4 is 10.6 Å². The summed E-state index contributed by atoms with van der Waals surface area (Å²) in [7, 11) is 0. The van der Waals surface area contributed by atoms with Gasteiger partial charge in [-0.3, -0.25) is 0 Å². The first-order valence-electron chi connectivity index (χ1n) is 16.2. The van der Waals surface area contributed by atoms with E-state index >= 15 is 17.6 Å². The molecular weight excluding hydrogens is 673 g/mol. The Labute approximate surface area is 299 Å². The van der Waals surface area contributed by atoms with Gasteiger partial charge in [-0.05, 0) is 71.8 Å². The third kappa shape index (κ3) is 8.99. The number of unbranched alkanes of at least 4 members (excludes halogenated alkanes) is 2. The van der Waals surface area contributed by atoms with E-state index in [0.717, 1.165) is 61.3 Å². The Bertz CT molecular complexity index is 2050. The van der Waals surface area contributed by atoms with Gasteiger partial charge in [0.15, 0.2) is 23.3 Å². The van der Waals surface area contributed by atoms with E-state index in [1.54, 1.807) is 22.9 Å². The number of hydrogen-bond donors (Lipinski definition) is 2. The van der Waals surface area contributed by atoms with Crippen molar-refractivity contribution in [2.24, 2.45) is 0 Å². The highest BCUT2D eigenvalue weighted by Gasteiger charge is 2.24. The lowest BCUT2D eigenvalue weighted by molar-refractivity contribution is 0.447. The molecule has 0 saturated heterocycles. The second kappa shape index (κ2) is 17.9. The summed E-state index contributed by atoms with van der Waals surface area (Å²) in [5.41, 5.74) is 2.39. The molecule has 0 aliphatic carbocycles. The van der Waals surface area contributed by atoms with Crippen LogP contribution in [0.2, 0.25) is 0 Å². The molecule has 2 aromatic heterocycles. The SMILES string of the molecule is CCCCNc1ccccc1C#Cc1ccsc1C#Cc1c(F)c(F)c(C#Cc2sccc2C#Cc2ccccc2NCCCC)c(F)c1F. The molecule has 0 saturated carbocycles. The predicted molar refractivity (Wildman–Crippen MR) is 199 cm³/mol. The Balaban J connectivity index is 1.39. The van der Waals surface area contributed by atoms with Crippen LogP contribution >= 0.6 is 22.7 Å². The van der Waals surface area contributed by atoms with Crippen molar-refractivity contribution in [1.29, 1.82) is 0 Å². The van der Waals surface area contributed by atoms with Gasteiger partial charge >= 0.3 is 0 Å². The van der Waals surface area contributed by atoms with Crippen LogP contribution in [0.4, 0.5) is 28.9 Å². The fourth-order valence-corrected chi connectivity index (χ4v) is 6.05. The fraction of sp³-hybridized carbons (Fsp3) is 0.190. The van der Waals surface area contributed by atoms with E-state index in [2.05, 4.69) is 71.8 Å². The topological polar surface area (TPSA) is 24.1 Å².